The number of nitrogens with one attached hydrogen (secondary N) is 1. The molecule has 4 nitrogen and oxygen atoms in total. The zero-order chi connectivity index (χ0) is 15.2. The smallest absolute Gasteiger partial charge is 0.257 e. The van der Waals surface area contributed by atoms with E-state index >= 15 is 0 Å². The van der Waals surface area contributed by atoms with Gasteiger partial charge < -0.3 is 15.0 Å². The van der Waals surface area contributed by atoms with Crippen molar-refractivity contribution in [1.82, 2.24) is 10.2 Å². The maximum absolute atomic E-state index is 12.7. The highest BCUT2D eigenvalue weighted by atomic mass is 35.5. The van der Waals surface area contributed by atoms with Crippen LogP contribution in [0.25, 0.3) is 0 Å². The first-order valence-electron chi connectivity index (χ1n) is 7.49. The lowest BCUT2D eigenvalue weighted by molar-refractivity contribution is 0.0723. The average molecular weight is 311 g/mol. The molecular weight excluding hydrogens is 288 g/mol. The average Bonchev–Trinajstić information content (AvgIpc) is 2.52. The van der Waals surface area contributed by atoms with Gasteiger partial charge in [-0.3, -0.25) is 4.79 Å². The Hall–Kier alpha value is -1.26. The van der Waals surface area contributed by atoms with Crippen LogP contribution in [0.3, 0.4) is 0 Å². The summed E-state index contributed by atoms with van der Waals surface area (Å²) in [6.07, 6.45) is 2.25. The number of ether oxygens (including phenoxy) is 1. The molecule has 1 saturated heterocycles. The van der Waals surface area contributed by atoms with Crippen molar-refractivity contribution in [3.8, 4) is 5.75 Å². The van der Waals surface area contributed by atoms with Crippen LogP contribution in [-0.2, 0) is 0 Å². The lowest BCUT2D eigenvalue weighted by Gasteiger charge is -2.29. The normalized spacial score (nSPS) is 15.8. The molecule has 0 unspecified atom stereocenters. The molecule has 5 heteroatoms. The summed E-state index contributed by atoms with van der Waals surface area (Å²) in [4.78, 5) is 14.6. The van der Waals surface area contributed by atoms with E-state index in [0.717, 1.165) is 32.5 Å². The van der Waals surface area contributed by atoms with E-state index in [-0.39, 0.29) is 5.91 Å². The van der Waals surface area contributed by atoms with Crippen LogP contribution in [0.2, 0.25) is 5.02 Å². The molecule has 0 saturated carbocycles. The maximum Gasteiger partial charge on any atom is 0.257 e. The van der Waals surface area contributed by atoms with Gasteiger partial charge in [0, 0.05) is 18.1 Å². The van der Waals surface area contributed by atoms with Crippen LogP contribution in [0.15, 0.2) is 18.2 Å². The molecule has 116 valence electrons. The molecule has 2 rings (SSSR count). The minimum absolute atomic E-state index is 0.0181. The van der Waals surface area contributed by atoms with Gasteiger partial charge in [-0.2, -0.15) is 0 Å². The Kier molecular flexibility index (Phi) is 5.88. The Morgan fingerprint density at radius 3 is 2.76 bits per heavy atom. The van der Waals surface area contributed by atoms with Gasteiger partial charge in [0.2, 0.25) is 0 Å². The number of piperidine rings is 1. The molecule has 21 heavy (non-hydrogen) atoms. The van der Waals surface area contributed by atoms with Crippen LogP contribution in [0.4, 0.5) is 0 Å². The van der Waals surface area contributed by atoms with E-state index in [9.17, 15) is 4.79 Å². The second-order valence-electron chi connectivity index (χ2n) is 5.38. The van der Waals surface area contributed by atoms with Gasteiger partial charge in [0.1, 0.15) is 5.75 Å². The monoisotopic (exact) mass is 310 g/mol. The SMILES string of the molecule is CCN(CC1CCNCC1)C(=O)c1ccc(Cl)cc1OC. The van der Waals surface area contributed by atoms with Crippen molar-refractivity contribution in [2.45, 2.75) is 19.8 Å². The van der Waals surface area contributed by atoms with Crippen molar-refractivity contribution >= 4 is 17.5 Å². The van der Waals surface area contributed by atoms with Crippen molar-refractivity contribution in [1.29, 1.82) is 0 Å². The molecule has 1 heterocycles. The maximum atomic E-state index is 12.7. The molecule has 0 atom stereocenters. The van der Waals surface area contributed by atoms with Crippen molar-refractivity contribution in [2.24, 2.45) is 5.92 Å². The standard InChI is InChI=1S/C16H23ClN2O2/c1-3-19(11-12-6-8-18-9-7-12)16(20)14-5-4-13(17)10-15(14)21-2/h4-5,10,12,18H,3,6-9,11H2,1-2H3. The quantitative estimate of drug-likeness (QED) is 0.909. The Bertz CT molecular complexity index is 487. The summed E-state index contributed by atoms with van der Waals surface area (Å²) in [5.41, 5.74) is 0.581. The highest BCUT2D eigenvalue weighted by Crippen LogP contribution is 2.25. The van der Waals surface area contributed by atoms with Gasteiger partial charge in [-0.25, -0.2) is 0 Å². The molecular formula is C16H23ClN2O2. The number of benzene rings is 1. The fourth-order valence-electron chi connectivity index (χ4n) is 2.74. The van der Waals surface area contributed by atoms with Gasteiger partial charge in [0.05, 0.1) is 12.7 Å². The van der Waals surface area contributed by atoms with Crippen molar-refractivity contribution < 1.29 is 9.53 Å². The Labute approximate surface area is 131 Å². The number of methoxy groups -OCH3 is 1. The zero-order valence-corrected chi connectivity index (χ0v) is 13.4. The molecule has 1 aromatic carbocycles. The van der Waals surface area contributed by atoms with Gasteiger partial charge in [0.15, 0.2) is 0 Å². The van der Waals surface area contributed by atoms with Crippen LogP contribution in [0.1, 0.15) is 30.1 Å². The van der Waals surface area contributed by atoms with Gasteiger partial charge in [-0.1, -0.05) is 11.6 Å². The zero-order valence-electron chi connectivity index (χ0n) is 12.7. The van der Waals surface area contributed by atoms with Crippen LogP contribution in [0, 0.1) is 5.92 Å². The van der Waals surface area contributed by atoms with Gasteiger partial charge in [0.25, 0.3) is 5.91 Å². The lowest BCUT2D eigenvalue weighted by Crippen LogP contribution is -2.39. The topological polar surface area (TPSA) is 41.6 Å². The molecule has 0 aliphatic carbocycles. The molecule has 1 amide bonds. The van der Waals surface area contributed by atoms with Crippen LogP contribution >= 0.6 is 11.6 Å². The Balaban J connectivity index is 2.11. The Morgan fingerprint density at radius 1 is 1.43 bits per heavy atom. The molecule has 0 spiro atoms. The molecule has 0 aromatic heterocycles. The van der Waals surface area contributed by atoms with E-state index in [1.165, 1.54) is 0 Å². The molecule has 1 aromatic rings. The summed E-state index contributed by atoms with van der Waals surface area (Å²) in [7, 11) is 1.56. The summed E-state index contributed by atoms with van der Waals surface area (Å²) in [6, 6.07) is 5.16. The predicted molar refractivity (Wildman–Crippen MR) is 85.2 cm³/mol. The summed E-state index contributed by atoms with van der Waals surface area (Å²) in [5, 5.41) is 3.93. The number of amides is 1. The van der Waals surface area contributed by atoms with E-state index < -0.39 is 0 Å². The third-order valence-corrected chi connectivity index (χ3v) is 4.24. The molecule has 0 radical (unpaired) electrons. The van der Waals surface area contributed by atoms with Crippen LogP contribution < -0.4 is 10.1 Å². The van der Waals surface area contributed by atoms with Gasteiger partial charge in [-0.05, 0) is 57.0 Å². The number of hydrogen-bond donors (Lipinski definition) is 1. The van der Waals surface area contributed by atoms with Gasteiger partial charge in [-0.15, -0.1) is 0 Å². The molecule has 1 N–H and O–H groups in total. The molecule has 1 aliphatic heterocycles. The first-order chi connectivity index (χ1) is 10.2. The Morgan fingerprint density at radius 2 is 2.14 bits per heavy atom. The predicted octanol–water partition coefficient (Wildman–Crippen LogP) is 2.81. The largest absolute Gasteiger partial charge is 0.496 e. The van der Waals surface area contributed by atoms with E-state index in [2.05, 4.69) is 5.32 Å². The summed E-state index contributed by atoms with van der Waals surface area (Å²) >= 11 is 5.96. The molecule has 0 bridgehead atoms. The number of hydrogen-bond acceptors (Lipinski definition) is 3. The number of carbonyl (C=O) groups excluding carboxylic acids is 1. The van der Waals surface area contributed by atoms with Crippen LogP contribution in [-0.4, -0.2) is 44.1 Å². The van der Waals surface area contributed by atoms with E-state index in [0.29, 0.717) is 28.8 Å². The third kappa shape index (κ3) is 4.11. The van der Waals surface area contributed by atoms with Crippen molar-refractivity contribution in [3.63, 3.8) is 0 Å². The fourth-order valence-corrected chi connectivity index (χ4v) is 2.91. The number of halogens is 1. The number of carbonyl (C=O) groups is 1. The molecule has 1 fully saturated rings. The van der Waals surface area contributed by atoms with Crippen LogP contribution in [0.5, 0.6) is 5.75 Å². The lowest BCUT2D eigenvalue weighted by atomic mass is 9.97. The minimum atomic E-state index is 0.0181. The summed E-state index contributed by atoms with van der Waals surface area (Å²) < 4.78 is 5.29. The van der Waals surface area contributed by atoms with Gasteiger partial charge >= 0.3 is 0 Å². The van der Waals surface area contributed by atoms with E-state index in [1.54, 1.807) is 25.3 Å². The first-order valence-corrected chi connectivity index (χ1v) is 7.87. The van der Waals surface area contributed by atoms with Crippen molar-refractivity contribution in [2.75, 3.05) is 33.3 Å². The summed E-state index contributed by atoms with van der Waals surface area (Å²) in [6.45, 7) is 5.61. The first kappa shape index (κ1) is 16.1. The highest BCUT2D eigenvalue weighted by molar-refractivity contribution is 6.30. The van der Waals surface area contributed by atoms with E-state index in [4.69, 9.17) is 16.3 Å². The molecule has 1 aliphatic rings. The van der Waals surface area contributed by atoms with E-state index in [1.807, 2.05) is 11.8 Å². The van der Waals surface area contributed by atoms with Crippen molar-refractivity contribution in [3.05, 3.63) is 28.8 Å². The second kappa shape index (κ2) is 7.66. The fraction of sp³-hybridized carbons (Fsp3) is 0.562. The minimum Gasteiger partial charge on any atom is -0.496 e. The third-order valence-electron chi connectivity index (χ3n) is 4.00. The number of nitrogens with zero attached hydrogens (tertiary/aromatic N) is 1. The number of rotatable bonds is 5. The highest BCUT2D eigenvalue weighted by Gasteiger charge is 2.22. The summed E-state index contributed by atoms with van der Waals surface area (Å²) in [5.74, 6) is 1.13. The second-order valence-corrected chi connectivity index (χ2v) is 5.82.